The third-order valence-electron chi connectivity index (χ3n) is 4.81. The normalized spacial score (nSPS) is 9.60. The predicted octanol–water partition coefficient (Wildman–Crippen LogP) is 4.24. The maximum Gasteiger partial charge on any atom is 0.0951 e. The van der Waals surface area contributed by atoms with Gasteiger partial charge in [0.2, 0.25) is 0 Å². The highest BCUT2D eigenvalue weighted by Crippen LogP contribution is 1.99. The minimum absolute atomic E-state index is 0. The Kier molecular flexibility index (Phi) is 22.5. The number of aromatic nitrogens is 12. The van der Waals surface area contributed by atoms with E-state index in [1.54, 1.807) is 45.2 Å². The Hall–Kier alpha value is -3.58. The Morgan fingerprint density at radius 3 is 1.12 bits per heavy atom. The lowest BCUT2D eigenvalue weighted by atomic mass is 10.2. The summed E-state index contributed by atoms with van der Waals surface area (Å²) in [7, 11) is 7.33. The molecule has 0 saturated carbocycles. The molecule has 0 fully saturated rings. The Labute approximate surface area is 238 Å². The number of unbranched alkanes of at least 4 members (excludes halogenated alkanes) is 1. The van der Waals surface area contributed by atoms with Crippen molar-refractivity contribution in [1.82, 2.24) is 60.0 Å². The maximum atomic E-state index is 11.6. The number of rotatable bonds is 10. The maximum absolute atomic E-state index is 11.6. The lowest BCUT2D eigenvalue weighted by Gasteiger charge is -1.88. The lowest BCUT2D eigenvalue weighted by Crippen LogP contribution is -1.86. The summed E-state index contributed by atoms with van der Waals surface area (Å²) in [5.74, 6) is 0. The first kappa shape index (κ1) is 38.6. The molecule has 4 rings (SSSR count). The van der Waals surface area contributed by atoms with E-state index in [0.29, 0.717) is 25.0 Å². The van der Waals surface area contributed by atoms with Crippen LogP contribution in [0.3, 0.4) is 0 Å². The number of aryl methyl sites for hydroxylation is 8. The van der Waals surface area contributed by atoms with Crippen molar-refractivity contribution < 1.29 is 8.78 Å². The van der Waals surface area contributed by atoms with Crippen molar-refractivity contribution in [3.63, 3.8) is 0 Å². The van der Waals surface area contributed by atoms with Gasteiger partial charge in [-0.3, -0.25) is 27.5 Å². The van der Waals surface area contributed by atoms with E-state index in [0.717, 1.165) is 36.3 Å². The Bertz CT molecular complexity index is 1020. The van der Waals surface area contributed by atoms with Crippen LogP contribution >= 0.6 is 0 Å². The van der Waals surface area contributed by atoms with Gasteiger partial charge < -0.3 is 0 Å². The Morgan fingerprint density at radius 1 is 0.500 bits per heavy atom. The van der Waals surface area contributed by atoms with Crippen LogP contribution in [0.15, 0.2) is 24.8 Å². The second-order valence-corrected chi connectivity index (χ2v) is 8.62. The molecule has 0 radical (unpaired) electrons. The molecule has 0 aliphatic rings. The molecule has 0 aliphatic heterocycles. The summed E-state index contributed by atoms with van der Waals surface area (Å²) >= 11 is 0. The first-order valence-corrected chi connectivity index (χ1v) is 12.8. The first-order chi connectivity index (χ1) is 18.3. The number of hydrogen-bond acceptors (Lipinski definition) is 8. The fourth-order valence-corrected chi connectivity index (χ4v) is 3.00. The van der Waals surface area contributed by atoms with E-state index in [1.165, 1.54) is 12.8 Å². The molecule has 0 bridgehead atoms. The quantitative estimate of drug-likeness (QED) is 0.279. The van der Waals surface area contributed by atoms with Crippen molar-refractivity contribution in [2.75, 3.05) is 13.3 Å². The van der Waals surface area contributed by atoms with Gasteiger partial charge in [-0.1, -0.05) is 62.4 Å². The van der Waals surface area contributed by atoms with Gasteiger partial charge in [-0.05, 0) is 32.1 Å². The zero-order valence-electron chi connectivity index (χ0n) is 23.5. The van der Waals surface area contributed by atoms with E-state index in [4.69, 9.17) is 0 Å². The second kappa shape index (κ2) is 23.3. The Balaban J connectivity index is 0. The molecule has 228 valence electrons. The molecule has 0 atom stereocenters. The predicted molar refractivity (Wildman–Crippen MR) is 154 cm³/mol. The van der Waals surface area contributed by atoms with Crippen molar-refractivity contribution in [2.45, 2.75) is 80.1 Å². The molecule has 4 heterocycles. The van der Waals surface area contributed by atoms with E-state index in [9.17, 15) is 8.78 Å². The molecule has 0 amide bonds. The summed E-state index contributed by atoms with van der Waals surface area (Å²) in [5, 5.41) is 30.3. The van der Waals surface area contributed by atoms with Gasteiger partial charge in [0.05, 0.1) is 36.1 Å². The van der Waals surface area contributed by atoms with Gasteiger partial charge in [0.1, 0.15) is 0 Å². The number of alkyl halides is 2. The molecule has 0 spiro atoms. The van der Waals surface area contributed by atoms with Crippen molar-refractivity contribution in [2.24, 2.45) is 28.2 Å². The molecule has 0 aliphatic carbocycles. The number of halogens is 2. The molecule has 0 saturated heterocycles. The molecule has 4 aromatic rings. The van der Waals surface area contributed by atoms with E-state index >= 15 is 0 Å². The minimum Gasteiger partial charge on any atom is -0.255 e. The summed E-state index contributed by atoms with van der Waals surface area (Å²) in [6.07, 6.45) is 14.7. The minimum atomic E-state index is -0.362. The molecular weight excluding hydrogens is 517 g/mol. The van der Waals surface area contributed by atoms with Crippen LogP contribution in [0.25, 0.3) is 0 Å². The fourth-order valence-electron chi connectivity index (χ4n) is 3.00. The molecule has 0 N–H and O–H groups in total. The third-order valence-corrected chi connectivity index (χ3v) is 4.81. The van der Waals surface area contributed by atoms with Crippen LogP contribution in [0.2, 0.25) is 0 Å². The van der Waals surface area contributed by atoms with Crippen molar-refractivity contribution in [3.8, 4) is 0 Å². The van der Waals surface area contributed by atoms with E-state index in [-0.39, 0.29) is 28.2 Å². The van der Waals surface area contributed by atoms with Gasteiger partial charge in [0.15, 0.2) is 0 Å². The second-order valence-electron chi connectivity index (χ2n) is 8.62. The SMILES string of the molecule is C.C.CCCCc1cn(C)nn1.CCCc1cn(C)nn1.Cn1cc(CCCF)nn1.Cn1cc(CC[18F])nn1. The number of nitrogens with zero attached hydrogens (tertiary/aromatic N) is 12. The van der Waals surface area contributed by atoms with Gasteiger partial charge in [-0.25, -0.2) is 0 Å². The summed E-state index contributed by atoms with van der Waals surface area (Å²) in [6.45, 7) is 3.67. The highest BCUT2D eigenvalue weighted by Gasteiger charge is 1.97. The van der Waals surface area contributed by atoms with E-state index < -0.39 is 0 Å². The van der Waals surface area contributed by atoms with Crippen LogP contribution < -0.4 is 0 Å². The van der Waals surface area contributed by atoms with Gasteiger partial charge >= 0.3 is 0 Å². The summed E-state index contributed by atoms with van der Waals surface area (Å²) in [6, 6.07) is 0. The zero-order chi connectivity index (χ0) is 28.2. The van der Waals surface area contributed by atoms with Crippen LogP contribution in [0.1, 0.15) is 77.2 Å². The van der Waals surface area contributed by atoms with Crippen LogP contribution in [0.5, 0.6) is 0 Å². The molecule has 0 aromatic carbocycles. The van der Waals surface area contributed by atoms with Crippen LogP contribution in [-0.2, 0) is 53.9 Å². The number of hydrogen-bond donors (Lipinski definition) is 0. The summed E-state index contributed by atoms with van der Waals surface area (Å²) in [5.41, 5.74) is 3.75. The Morgan fingerprint density at radius 2 is 0.850 bits per heavy atom. The van der Waals surface area contributed by atoms with Gasteiger partial charge in [-0.15, -0.1) is 20.4 Å². The highest BCUT2D eigenvalue weighted by molar-refractivity contribution is 4.93. The lowest BCUT2D eigenvalue weighted by molar-refractivity contribution is 0.471. The monoisotopic (exact) mass is 567 g/mol. The smallest absolute Gasteiger partial charge is 0.0951 e. The van der Waals surface area contributed by atoms with Crippen molar-refractivity contribution in [1.29, 1.82) is 0 Å². The molecule has 40 heavy (non-hydrogen) atoms. The van der Waals surface area contributed by atoms with Crippen molar-refractivity contribution in [3.05, 3.63) is 47.6 Å². The first-order valence-electron chi connectivity index (χ1n) is 12.8. The summed E-state index contributed by atoms with van der Waals surface area (Å²) in [4.78, 5) is 0. The van der Waals surface area contributed by atoms with Crippen LogP contribution in [0.4, 0.5) is 8.78 Å². The van der Waals surface area contributed by atoms with Crippen LogP contribution in [0, 0.1) is 0 Å². The molecule has 14 heteroatoms. The molecule has 12 nitrogen and oxygen atoms in total. The summed E-state index contributed by atoms with van der Waals surface area (Å²) < 4.78 is 29.9. The van der Waals surface area contributed by atoms with Gasteiger partial charge in [0, 0.05) is 59.4 Å². The third kappa shape index (κ3) is 17.8. The highest BCUT2D eigenvalue weighted by atomic mass is 19.1. The fraction of sp³-hybridized carbons (Fsp3) is 0.692. The molecule has 0 unspecified atom stereocenters. The average Bonchev–Trinajstić information content (AvgIpc) is 3.69. The van der Waals surface area contributed by atoms with E-state index in [2.05, 4.69) is 55.1 Å². The zero-order valence-corrected chi connectivity index (χ0v) is 23.5. The molecular formula is C26H50F2N12. The van der Waals surface area contributed by atoms with Gasteiger partial charge in [-0.2, -0.15) is 0 Å². The van der Waals surface area contributed by atoms with Crippen LogP contribution in [-0.4, -0.2) is 73.3 Å². The van der Waals surface area contributed by atoms with E-state index in [1.807, 2.05) is 26.5 Å². The van der Waals surface area contributed by atoms with Gasteiger partial charge in [0.25, 0.3) is 0 Å². The standard InChI is InChI=1S/C7H13N3.C6H10FN3.C6H11N3.C5H8FN3.2CH4/c1-3-4-5-7-6-10(2)9-8-7;1-10-5-6(8-9-10)3-2-4-7;1-3-4-6-5-9(2)8-7-6;1-9-4-5(2-3-6)7-8-9;;/h6H,3-5H2,1-2H3;5H,2-4H2,1H3;5H,3-4H2,1-2H3;4H,2-3H2,1H3;2*1H4/i;;;6-1;;. The van der Waals surface area contributed by atoms with Crippen molar-refractivity contribution >= 4 is 0 Å². The average molecular weight is 568 g/mol. The molecule has 4 aromatic heterocycles. The topological polar surface area (TPSA) is 123 Å². The largest absolute Gasteiger partial charge is 0.255 e.